The lowest BCUT2D eigenvalue weighted by atomic mass is 10.2. The second-order valence-corrected chi connectivity index (χ2v) is 7.12. The smallest absolute Gasteiger partial charge is 0.193 e. The molecular weight excluding hydrogens is 425 g/mol. The predicted octanol–water partition coefficient (Wildman–Crippen LogP) is 2.94. The van der Waals surface area contributed by atoms with Crippen LogP contribution >= 0.6 is 24.0 Å². The Morgan fingerprint density at radius 1 is 1.09 bits per heavy atom. The van der Waals surface area contributed by atoms with E-state index < -0.39 is 9.84 Å². The number of guanidine groups is 1. The third-order valence-corrected chi connectivity index (χ3v) is 4.24. The molecular formula is C16H20IN3O2S. The molecule has 2 aromatic carbocycles. The molecule has 0 heterocycles. The van der Waals surface area contributed by atoms with E-state index in [1.807, 2.05) is 31.2 Å². The second-order valence-electron chi connectivity index (χ2n) is 5.11. The van der Waals surface area contributed by atoms with Crippen molar-refractivity contribution in [3.05, 3.63) is 59.7 Å². The second kappa shape index (κ2) is 8.30. The predicted molar refractivity (Wildman–Crippen MR) is 105 cm³/mol. The molecule has 5 nitrogen and oxygen atoms in total. The molecule has 0 saturated carbocycles. The minimum absolute atomic E-state index is 0. The summed E-state index contributed by atoms with van der Waals surface area (Å²) in [5, 5.41) is 3.01. The van der Waals surface area contributed by atoms with E-state index in [0.717, 1.165) is 11.3 Å². The highest BCUT2D eigenvalue weighted by atomic mass is 127. The van der Waals surface area contributed by atoms with Crippen molar-refractivity contribution in [1.29, 1.82) is 0 Å². The normalized spacial score (nSPS) is 11.7. The standard InChI is InChI=1S/C16H19N3O2S.HI/c1-12-3-7-14(8-4-12)19-16(17)18-11-13-5-9-15(10-6-13)22(2,20)21;/h3-10H,11H2,1-2H3,(H3,17,18,19);1H. The van der Waals surface area contributed by atoms with Crippen molar-refractivity contribution < 1.29 is 8.42 Å². The molecule has 0 amide bonds. The zero-order chi connectivity index (χ0) is 16.2. The van der Waals surface area contributed by atoms with Crippen LogP contribution in [0.4, 0.5) is 5.69 Å². The van der Waals surface area contributed by atoms with E-state index in [0.29, 0.717) is 17.4 Å². The number of aliphatic imine (C=N–C) groups is 1. The van der Waals surface area contributed by atoms with Crippen LogP contribution in [0.3, 0.4) is 0 Å². The van der Waals surface area contributed by atoms with E-state index in [2.05, 4.69) is 10.3 Å². The maximum Gasteiger partial charge on any atom is 0.193 e. The zero-order valence-electron chi connectivity index (χ0n) is 13.0. The first-order chi connectivity index (χ1) is 10.3. The Bertz CT molecular complexity index is 770. The number of anilines is 1. The molecule has 0 atom stereocenters. The molecule has 0 aliphatic rings. The summed E-state index contributed by atoms with van der Waals surface area (Å²) < 4.78 is 22.8. The summed E-state index contributed by atoms with van der Waals surface area (Å²) in [4.78, 5) is 4.54. The van der Waals surface area contributed by atoms with Gasteiger partial charge >= 0.3 is 0 Å². The Hall–Kier alpha value is -1.61. The van der Waals surface area contributed by atoms with Gasteiger partial charge in [0, 0.05) is 11.9 Å². The number of hydrogen-bond donors (Lipinski definition) is 2. The fraction of sp³-hybridized carbons (Fsp3) is 0.188. The number of nitrogens with zero attached hydrogens (tertiary/aromatic N) is 1. The summed E-state index contributed by atoms with van der Waals surface area (Å²) in [5.74, 6) is 0.316. The molecule has 124 valence electrons. The fourth-order valence-corrected chi connectivity index (χ4v) is 2.47. The third kappa shape index (κ3) is 6.19. The summed E-state index contributed by atoms with van der Waals surface area (Å²) in [6.07, 6.45) is 1.18. The molecule has 0 aliphatic carbocycles. The van der Waals surface area contributed by atoms with Gasteiger partial charge in [0.15, 0.2) is 15.8 Å². The Morgan fingerprint density at radius 3 is 2.17 bits per heavy atom. The number of nitrogens with two attached hydrogens (primary N) is 1. The summed E-state index contributed by atoms with van der Waals surface area (Å²) in [6.45, 7) is 2.40. The van der Waals surface area contributed by atoms with E-state index in [9.17, 15) is 8.42 Å². The molecule has 0 radical (unpaired) electrons. The highest BCUT2D eigenvalue weighted by molar-refractivity contribution is 14.0. The molecule has 23 heavy (non-hydrogen) atoms. The Balaban J connectivity index is 0.00000264. The van der Waals surface area contributed by atoms with E-state index in [4.69, 9.17) is 5.73 Å². The molecule has 2 rings (SSSR count). The topological polar surface area (TPSA) is 84.5 Å². The van der Waals surface area contributed by atoms with Crippen molar-refractivity contribution >= 4 is 45.5 Å². The number of halogens is 1. The summed E-state index contributed by atoms with van der Waals surface area (Å²) in [7, 11) is -3.17. The minimum Gasteiger partial charge on any atom is -0.370 e. The maximum atomic E-state index is 11.4. The lowest BCUT2D eigenvalue weighted by molar-refractivity contribution is 0.602. The van der Waals surface area contributed by atoms with Crippen LogP contribution in [0.5, 0.6) is 0 Å². The van der Waals surface area contributed by atoms with Gasteiger partial charge in [0.2, 0.25) is 0 Å². The van der Waals surface area contributed by atoms with E-state index in [1.165, 1.54) is 11.8 Å². The van der Waals surface area contributed by atoms with E-state index in [-0.39, 0.29) is 24.0 Å². The quantitative estimate of drug-likeness (QED) is 0.431. The fourth-order valence-electron chi connectivity index (χ4n) is 1.84. The van der Waals surface area contributed by atoms with Gasteiger partial charge in [-0.05, 0) is 36.8 Å². The first-order valence-electron chi connectivity index (χ1n) is 6.77. The monoisotopic (exact) mass is 445 g/mol. The average Bonchev–Trinajstić information content (AvgIpc) is 2.47. The van der Waals surface area contributed by atoms with Gasteiger partial charge in [-0.1, -0.05) is 29.8 Å². The van der Waals surface area contributed by atoms with Gasteiger partial charge in [-0.3, -0.25) is 0 Å². The number of rotatable bonds is 4. The van der Waals surface area contributed by atoms with E-state index in [1.54, 1.807) is 24.3 Å². The first-order valence-corrected chi connectivity index (χ1v) is 8.66. The van der Waals surface area contributed by atoms with Gasteiger partial charge in [-0.25, -0.2) is 13.4 Å². The van der Waals surface area contributed by atoms with Gasteiger partial charge in [0.1, 0.15) is 0 Å². The summed E-state index contributed by atoms with van der Waals surface area (Å²) >= 11 is 0. The van der Waals surface area contributed by atoms with Crippen LogP contribution in [-0.2, 0) is 16.4 Å². The Labute approximate surface area is 154 Å². The lowest BCUT2D eigenvalue weighted by Gasteiger charge is -2.06. The van der Waals surface area contributed by atoms with Gasteiger partial charge in [-0.15, -0.1) is 24.0 Å². The third-order valence-electron chi connectivity index (χ3n) is 3.11. The van der Waals surface area contributed by atoms with Crippen LogP contribution < -0.4 is 11.1 Å². The summed E-state index contributed by atoms with van der Waals surface area (Å²) in [5.41, 5.74) is 8.77. The number of benzene rings is 2. The van der Waals surface area contributed by atoms with Crippen LogP contribution in [0, 0.1) is 6.92 Å². The molecule has 3 N–H and O–H groups in total. The lowest BCUT2D eigenvalue weighted by Crippen LogP contribution is -2.22. The van der Waals surface area contributed by atoms with Gasteiger partial charge in [0.05, 0.1) is 11.4 Å². The molecule has 2 aromatic rings. The maximum absolute atomic E-state index is 11.4. The van der Waals surface area contributed by atoms with Crippen molar-refractivity contribution in [2.45, 2.75) is 18.4 Å². The van der Waals surface area contributed by atoms with Crippen molar-refractivity contribution in [3.63, 3.8) is 0 Å². The molecule has 0 aromatic heterocycles. The van der Waals surface area contributed by atoms with Crippen molar-refractivity contribution in [2.24, 2.45) is 10.7 Å². The number of nitrogens with one attached hydrogen (secondary N) is 1. The molecule has 7 heteroatoms. The van der Waals surface area contributed by atoms with Crippen LogP contribution in [0.15, 0.2) is 58.4 Å². The molecule has 0 spiro atoms. The minimum atomic E-state index is -3.17. The molecule has 0 saturated heterocycles. The molecule has 0 unspecified atom stereocenters. The zero-order valence-corrected chi connectivity index (χ0v) is 16.1. The van der Waals surface area contributed by atoms with Crippen LogP contribution in [0.2, 0.25) is 0 Å². The number of sulfone groups is 1. The summed E-state index contributed by atoms with van der Waals surface area (Å²) in [6, 6.07) is 14.4. The van der Waals surface area contributed by atoms with Gasteiger partial charge in [-0.2, -0.15) is 0 Å². The van der Waals surface area contributed by atoms with E-state index >= 15 is 0 Å². The van der Waals surface area contributed by atoms with Crippen LogP contribution in [0.25, 0.3) is 0 Å². The van der Waals surface area contributed by atoms with Gasteiger partial charge < -0.3 is 11.1 Å². The molecule has 0 bridgehead atoms. The first kappa shape index (κ1) is 19.4. The Kier molecular flexibility index (Phi) is 7.01. The molecule has 0 fully saturated rings. The number of aryl methyl sites for hydroxylation is 1. The number of hydrogen-bond acceptors (Lipinski definition) is 3. The molecule has 0 aliphatic heterocycles. The van der Waals surface area contributed by atoms with Crippen molar-refractivity contribution in [3.8, 4) is 0 Å². The highest BCUT2D eigenvalue weighted by Crippen LogP contribution is 2.11. The largest absolute Gasteiger partial charge is 0.370 e. The Morgan fingerprint density at radius 2 is 1.65 bits per heavy atom. The van der Waals surface area contributed by atoms with Crippen molar-refractivity contribution in [1.82, 2.24) is 0 Å². The SMILES string of the molecule is Cc1ccc(NC(N)=NCc2ccc(S(C)(=O)=O)cc2)cc1.I. The van der Waals surface area contributed by atoms with Crippen LogP contribution in [0.1, 0.15) is 11.1 Å². The highest BCUT2D eigenvalue weighted by Gasteiger charge is 2.05. The van der Waals surface area contributed by atoms with Gasteiger partial charge in [0.25, 0.3) is 0 Å². The van der Waals surface area contributed by atoms with Crippen molar-refractivity contribution in [2.75, 3.05) is 11.6 Å². The van der Waals surface area contributed by atoms with Crippen LogP contribution in [-0.4, -0.2) is 20.6 Å². The average molecular weight is 445 g/mol.